The van der Waals surface area contributed by atoms with Gasteiger partial charge in [0.25, 0.3) is 0 Å². The second-order valence-electron chi connectivity index (χ2n) is 4.90. The van der Waals surface area contributed by atoms with Gasteiger partial charge < -0.3 is 9.84 Å². The predicted molar refractivity (Wildman–Crippen MR) is 79.9 cm³/mol. The van der Waals surface area contributed by atoms with Crippen LogP contribution in [0.1, 0.15) is 11.1 Å². The van der Waals surface area contributed by atoms with Crippen molar-refractivity contribution in [2.75, 3.05) is 6.61 Å². The van der Waals surface area contributed by atoms with Gasteiger partial charge in [-0.2, -0.15) is 0 Å². The molecule has 0 saturated carbocycles. The van der Waals surface area contributed by atoms with Gasteiger partial charge in [0.2, 0.25) is 9.84 Å². The molecule has 1 aliphatic heterocycles. The standard InChI is InChI=1S/C16H14O4S/c1-11-5-4-6-13-12(10-21(18,19)16(11)13)9-20-15-8-3-2-7-14(15)17/h2-8,10,17H,9H2,1H3. The lowest BCUT2D eigenvalue weighted by molar-refractivity contribution is 0.341. The number of phenols is 1. The van der Waals surface area contributed by atoms with E-state index in [1.165, 1.54) is 11.5 Å². The molecule has 1 aliphatic rings. The van der Waals surface area contributed by atoms with Gasteiger partial charge in [-0.15, -0.1) is 0 Å². The minimum absolute atomic E-state index is 0.0309. The molecule has 0 aromatic heterocycles. The summed E-state index contributed by atoms with van der Waals surface area (Å²) in [5.41, 5.74) is 1.99. The van der Waals surface area contributed by atoms with E-state index < -0.39 is 9.84 Å². The summed E-state index contributed by atoms with van der Waals surface area (Å²) in [6.07, 6.45) is 0. The van der Waals surface area contributed by atoms with Crippen LogP contribution < -0.4 is 4.74 Å². The first-order valence-corrected chi connectivity index (χ1v) is 8.00. The number of rotatable bonds is 3. The zero-order valence-corrected chi connectivity index (χ0v) is 12.2. The van der Waals surface area contributed by atoms with Crippen LogP contribution in [0.25, 0.3) is 5.57 Å². The second-order valence-corrected chi connectivity index (χ2v) is 6.63. The molecule has 108 valence electrons. The zero-order valence-electron chi connectivity index (χ0n) is 11.4. The highest BCUT2D eigenvalue weighted by atomic mass is 32.2. The maximum absolute atomic E-state index is 12.2. The zero-order chi connectivity index (χ0) is 15.0. The normalized spacial score (nSPS) is 15.4. The predicted octanol–water partition coefficient (Wildman–Crippen LogP) is 2.91. The van der Waals surface area contributed by atoms with Crippen molar-refractivity contribution < 1.29 is 18.3 Å². The van der Waals surface area contributed by atoms with Gasteiger partial charge in [0.05, 0.1) is 4.90 Å². The summed E-state index contributed by atoms with van der Waals surface area (Å²) in [6, 6.07) is 12.0. The smallest absolute Gasteiger partial charge is 0.201 e. The van der Waals surface area contributed by atoms with E-state index in [9.17, 15) is 13.5 Å². The van der Waals surface area contributed by atoms with Crippen molar-refractivity contribution in [3.63, 3.8) is 0 Å². The molecule has 1 N–H and O–H groups in total. The molecule has 0 fully saturated rings. The van der Waals surface area contributed by atoms with Gasteiger partial charge in [-0.1, -0.05) is 30.3 Å². The number of benzene rings is 2. The number of aryl methyl sites for hydroxylation is 1. The highest BCUT2D eigenvalue weighted by Crippen LogP contribution is 2.36. The lowest BCUT2D eigenvalue weighted by atomic mass is 10.1. The van der Waals surface area contributed by atoms with Crippen LogP contribution in [0.2, 0.25) is 0 Å². The molecule has 2 aromatic rings. The van der Waals surface area contributed by atoms with Crippen molar-refractivity contribution in [2.24, 2.45) is 0 Å². The summed E-state index contributed by atoms with van der Waals surface area (Å²) in [5, 5.41) is 10.9. The van der Waals surface area contributed by atoms with Crippen molar-refractivity contribution in [3.8, 4) is 11.5 Å². The Morgan fingerprint density at radius 3 is 2.62 bits per heavy atom. The van der Waals surface area contributed by atoms with Gasteiger partial charge in [0.15, 0.2) is 11.5 Å². The van der Waals surface area contributed by atoms with Crippen molar-refractivity contribution in [2.45, 2.75) is 11.8 Å². The summed E-state index contributed by atoms with van der Waals surface area (Å²) in [5.74, 6) is 0.361. The van der Waals surface area contributed by atoms with Gasteiger partial charge in [-0.05, 0) is 24.6 Å². The quantitative estimate of drug-likeness (QED) is 0.947. The molecule has 5 heteroatoms. The van der Waals surface area contributed by atoms with E-state index in [-0.39, 0.29) is 12.4 Å². The van der Waals surface area contributed by atoms with Crippen LogP contribution in [0.4, 0.5) is 0 Å². The first-order valence-electron chi connectivity index (χ1n) is 6.45. The highest BCUT2D eigenvalue weighted by molar-refractivity contribution is 7.95. The molecule has 0 atom stereocenters. The molecule has 1 heterocycles. The van der Waals surface area contributed by atoms with Crippen molar-refractivity contribution >= 4 is 15.4 Å². The van der Waals surface area contributed by atoms with Gasteiger partial charge >= 0.3 is 0 Å². The average Bonchev–Trinajstić information content (AvgIpc) is 2.70. The van der Waals surface area contributed by atoms with E-state index >= 15 is 0 Å². The monoisotopic (exact) mass is 302 g/mol. The van der Waals surface area contributed by atoms with E-state index in [4.69, 9.17) is 4.74 Å². The van der Waals surface area contributed by atoms with Crippen LogP contribution in [0.3, 0.4) is 0 Å². The Balaban J connectivity index is 1.92. The number of para-hydroxylation sites is 2. The molecular formula is C16H14O4S. The minimum Gasteiger partial charge on any atom is -0.504 e. The van der Waals surface area contributed by atoms with E-state index in [2.05, 4.69) is 0 Å². The number of aromatic hydroxyl groups is 1. The van der Waals surface area contributed by atoms with E-state index in [0.717, 1.165) is 5.56 Å². The summed E-state index contributed by atoms with van der Waals surface area (Å²) < 4.78 is 29.9. The maximum Gasteiger partial charge on any atom is 0.201 e. The summed E-state index contributed by atoms with van der Waals surface area (Å²) in [4.78, 5) is 0.348. The number of hydrogen-bond acceptors (Lipinski definition) is 4. The summed E-state index contributed by atoms with van der Waals surface area (Å²) >= 11 is 0. The third kappa shape index (κ3) is 2.40. The Kier molecular flexibility index (Phi) is 3.22. The number of ether oxygens (including phenoxy) is 1. The topological polar surface area (TPSA) is 63.6 Å². The lowest BCUT2D eigenvalue weighted by Gasteiger charge is -2.09. The van der Waals surface area contributed by atoms with E-state index in [0.29, 0.717) is 21.8 Å². The van der Waals surface area contributed by atoms with Crippen molar-refractivity contribution in [3.05, 3.63) is 59.0 Å². The fraction of sp³-hybridized carbons (Fsp3) is 0.125. The first kappa shape index (κ1) is 13.7. The van der Waals surface area contributed by atoms with Gasteiger partial charge in [-0.3, -0.25) is 0 Å². The number of sulfone groups is 1. The van der Waals surface area contributed by atoms with Crippen LogP contribution >= 0.6 is 0 Å². The van der Waals surface area contributed by atoms with Gasteiger partial charge in [-0.25, -0.2) is 8.42 Å². The summed E-state index contributed by atoms with van der Waals surface area (Å²) in [7, 11) is -3.40. The molecule has 0 bridgehead atoms. The molecule has 0 spiro atoms. The van der Waals surface area contributed by atoms with Crippen molar-refractivity contribution in [1.29, 1.82) is 0 Å². The number of phenolic OH excluding ortho intramolecular Hbond substituents is 1. The fourth-order valence-corrected chi connectivity index (χ4v) is 4.15. The Labute approximate surface area is 123 Å². The molecule has 0 radical (unpaired) electrons. The molecule has 2 aromatic carbocycles. The molecule has 0 amide bonds. The Bertz CT molecular complexity index is 835. The molecule has 21 heavy (non-hydrogen) atoms. The van der Waals surface area contributed by atoms with Crippen LogP contribution in [0.15, 0.2) is 52.8 Å². The minimum atomic E-state index is -3.40. The molecular weight excluding hydrogens is 288 g/mol. The molecule has 0 saturated heterocycles. The third-order valence-corrected chi connectivity index (χ3v) is 5.09. The molecule has 0 aliphatic carbocycles. The summed E-state index contributed by atoms with van der Waals surface area (Å²) in [6.45, 7) is 1.87. The fourth-order valence-electron chi connectivity index (χ4n) is 2.44. The Morgan fingerprint density at radius 1 is 1.10 bits per heavy atom. The van der Waals surface area contributed by atoms with Crippen LogP contribution in [-0.4, -0.2) is 20.1 Å². The van der Waals surface area contributed by atoms with Crippen LogP contribution in [0, 0.1) is 6.92 Å². The van der Waals surface area contributed by atoms with E-state index in [1.54, 1.807) is 37.3 Å². The second kappa shape index (κ2) is 4.93. The Hall–Kier alpha value is -2.27. The molecule has 3 rings (SSSR count). The molecule has 4 nitrogen and oxygen atoms in total. The largest absolute Gasteiger partial charge is 0.504 e. The number of hydrogen-bond donors (Lipinski definition) is 1. The first-order chi connectivity index (χ1) is 9.99. The van der Waals surface area contributed by atoms with Gasteiger partial charge in [0, 0.05) is 16.5 Å². The lowest BCUT2D eigenvalue weighted by Crippen LogP contribution is -2.00. The Morgan fingerprint density at radius 2 is 1.86 bits per heavy atom. The van der Waals surface area contributed by atoms with Gasteiger partial charge in [0.1, 0.15) is 6.61 Å². The van der Waals surface area contributed by atoms with Crippen molar-refractivity contribution in [1.82, 2.24) is 0 Å². The third-order valence-electron chi connectivity index (χ3n) is 3.39. The maximum atomic E-state index is 12.2. The van der Waals surface area contributed by atoms with Crippen LogP contribution in [0.5, 0.6) is 11.5 Å². The SMILES string of the molecule is Cc1cccc2c1S(=O)(=O)C=C2COc1ccccc1O. The average molecular weight is 302 g/mol. The number of fused-ring (bicyclic) bond motifs is 1. The van der Waals surface area contributed by atoms with E-state index in [1.807, 2.05) is 6.07 Å². The van der Waals surface area contributed by atoms with Crippen LogP contribution in [-0.2, 0) is 9.84 Å². The molecule has 0 unspecified atom stereocenters. The highest BCUT2D eigenvalue weighted by Gasteiger charge is 2.28.